The SMILES string of the molecule is O=C1C(Cc2ccccc2)C(=O)N(c2ccccc2)CN1[O-]. The van der Waals surface area contributed by atoms with E-state index < -0.39 is 11.8 Å². The number of benzene rings is 2. The first-order valence-corrected chi connectivity index (χ1v) is 7.05. The molecule has 0 N–H and O–H groups in total. The molecule has 22 heavy (non-hydrogen) atoms. The molecule has 1 aliphatic heterocycles. The maximum atomic E-state index is 12.6. The number of para-hydroxylation sites is 1. The van der Waals surface area contributed by atoms with Crippen LogP contribution in [0.3, 0.4) is 0 Å². The molecule has 2 aromatic rings. The Balaban J connectivity index is 1.88. The topological polar surface area (TPSA) is 63.7 Å². The molecule has 0 aromatic heterocycles. The van der Waals surface area contributed by atoms with Gasteiger partial charge in [0.2, 0.25) is 11.8 Å². The van der Waals surface area contributed by atoms with Gasteiger partial charge in [-0.3, -0.25) is 14.5 Å². The smallest absolute Gasteiger partial charge is 0.241 e. The second-order valence-corrected chi connectivity index (χ2v) is 5.20. The molecule has 0 spiro atoms. The van der Waals surface area contributed by atoms with Crippen LogP contribution < -0.4 is 4.90 Å². The van der Waals surface area contributed by atoms with Gasteiger partial charge in [0.25, 0.3) is 0 Å². The molecule has 1 atom stereocenters. The molecule has 1 aliphatic rings. The van der Waals surface area contributed by atoms with E-state index in [0.29, 0.717) is 10.8 Å². The summed E-state index contributed by atoms with van der Waals surface area (Å²) >= 11 is 0. The van der Waals surface area contributed by atoms with Crippen LogP contribution in [0.25, 0.3) is 0 Å². The number of anilines is 1. The van der Waals surface area contributed by atoms with Gasteiger partial charge in [0, 0.05) is 5.69 Å². The van der Waals surface area contributed by atoms with Gasteiger partial charge in [-0.05, 0) is 24.1 Å². The molecule has 0 radical (unpaired) electrons. The van der Waals surface area contributed by atoms with Crippen molar-refractivity contribution in [3.8, 4) is 0 Å². The van der Waals surface area contributed by atoms with Crippen molar-refractivity contribution < 1.29 is 9.59 Å². The number of amides is 2. The van der Waals surface area contributed by atoms with E-state index in [-0.39, 0.29) is 19.0 Å². The Hall–Kier alpha value is -2.66. The zero-order chi connectivity index (χ0) is 15.5. The molecular weight excluding hydrogens is 280 g/mol. The number of rotatable bonds is 3. The fourth-order valence-electron chi connectivity index (χ4n) is 2.58. The largest absolute Gasteiger partial charge is 0.755 e. The Morgan fingerprint density at radius 1 is 0.909 bits per heavy atom. The average Bonchev–Trinajstić information content (AvgIpc) is 2.57. The third kappa shape index (κ3) is 2.71. The van der Waals surface area contributed by atoms with Crippen molar-refractivity contribution in [2.24, 2.45) is 5.92 Å². The van der Waals surface area contributed by atoms with E-state index in [2.05, 4.69) is 0 Å². The molecule has 5 heteroatoms. The van der Waals surface area contributed by atoms with E-state index in [1.165, 1.54) is 4.90 Å². The third-order valence-corrected chi connectivity index (χ3v) is 3.73. The lowest BCUT2D eigenvalue weighted by Crippen LogP contribution is -2.55. The van der Waals surface area contributed by atoms with Gasteiger partial charge in [-0.1, -0.05) is 48.5 Å². The Labute approximate surface area is 128 Å². The molecule has 1 fully saturated rings. The van der Waals surface area contributed by atoms with E-state index in [0.717, 1.165) is 5.56 Å². The average molecular weight is 295 g/mol. The van der Waals surface area contributed by atoms with Crippen molar-refractivity contribution in [1.29, 1.82) is 0 Å². The number of hydroxylamine groups is 2. The van der Waals surface area contributed by atoms with Crippen LogP contribution in [-0.4, -0.2) is 23.5 Å². The number of nitrogens with zero attached hydrogens (tertiary/aromatic N) is 2. The Morgan fingerprint density at radius 3 is 2.14 bits per heavy atom. The van der Waals surface area contributed by atoms with Crippen molar-refractivity contribution >= 4 is 17.5 Å². The summed E-state index contributed by atoms with van der Waals surface area (Å²) in [6.07, 6.45) is 0.237. The minimum absolute atomic E-state index is 0.237. The summed E-state index contributed by atoms with van der Waals surface area (Å²) in [5.41, 5.74) is 1.48. The zero-order valence-corrected chi connectivity index (χ0v) is 11.9. The highest BCUT2D eigenvalue weighted by Gasteiger charge is 2.37. The molecule has 112 valence electrons. The van der Waals surface area contributed by atoms with Crippen LogP contribution in [0.4, 0.5) is 5.69 Å². The van der Waals surface area contributed by atoms with Crippen LogP contribution in [-0.2, 0) is 16.0 Å². The fraction of sp³-hybridized carbons (Fsp3) is 0.176. The Kier molecular flexibility index (Phi) is 3.89. The van der Waals surface area contributed by atoms with Crippen molar-refractivity contribution in [2.75, 3.05) is 11.6 Å². The predicted molar refractivity (Wildman–Crippen MR) is 82.6 cm³/mol. The van der Waals surface area contributed by atoms with E-state index in [1.807, 2.05) is 36.4 Å². The van der Waals surface area contributed by atoms with E-state index in [9.17, 15) is 14.8 Å². The second kappa shape index (κ2) is 5.99. The highest BCUT2D eigenvalue weighted by molar-refractivity contribution is 6.10. The van der Waals surface area contributed by atoms with Crippen molar-refractivity contribution in [2.45, 2.75) is 6.42 Å². The quantitative estimate of drug-likeness (QED) is 0.815. The molecule has 0 aliphatic carbocycles. The molecule has 1 heterocycles. The first-order valence-electron chi connectivity index (χ1n) is 7.05. The molecule has 3 rings (SSSR count). The lowest BCUT2D eigenvalue weighted by molar-refractivity contribution is -0.143. The van der Waals surface area contributed by atoms with Gasteiger partial charge in [-0.25, -0.2) is 0 Å². The van der Waals surface area contributed by atoms with Gasteiger partial charge in [0.1, 0.15) is 5.92 Å². The van der Waals surface area contributed by atoms with Gasteiger partial charge < -0.3 is 10.3 Å². The normalized spacial score (nSPS) is 18.7. The van der Waals surface area contributed by atoms with E-state index >= 15 is 0 Å². The zero-order valence-electron chi connectivity index (χ0n) is 11.9. The first-order chi connectivity index (χ1) is 10.7. The van der Waals surface area contributed by atoms with Crippen LogP contribution in [0.15, 0.2) is 60.7 Å². The fourth-order valence-corrected chi connectivity index (χ4v) is 2.58. The minimum Gasteiger partial charge on any atom is -0.755 e. The molecule has 0 saturated carbocycles. The first kappa shape index (κ1) is 14.3. The van der Waals surface area contributed by atoms with Crippen molar-refractivity contribution in [3.05, 3.63) is 71.4 Å². The number of carbonyl (C=O) groups excluding carboxylic acids is 2. The maximum Gasteiger partial charge on any atom is 0.241 e. The Morgan fingerprint density at radius 2 is 1.50 bits per heavy atom. The highest BCUT2D eigenvalue weighted by atomic mass is 16.5. The summed E-state index contributed by atoms with van der Waals surface area (Å²) in [5.74, 6) is -1.96. The molecular formula is C17H15N2O3-. The minimum atomic E-state index is -0.964. The van der Waals surface area contributed by atoms with E-state index in [4.69, 9.17) is 0 Å². The lowest BCUT2D eigenvalue weighted by atomic mass is 9.95. The van der Waals surface area contributed by atoms with Crippen molar-refractivity contribution in [3.63, 3.8) is 0 Å². The van der Waals surface area contributed by atoms with Gasteiger partial charge in [0.05, 0.1) is 6.67 Å². The van der Waals surface area contributed by atoms with Gasteiger partial charge in [-0.15, -0.1) is 0 Å². The van der Waals surface area contributed by atoms with Crippen molar-refractivity contribution in [1.82, 2.24) is 5.06 Å². The summed E-state index contributed by atoms with van der Waals surface area (Å²) in [6, 6.07) is 18.2. The van der Waals surface area contributed by atoms with E-state index in [1.54, 1.807) is 24.3 Å². The second-order valence-electron chi connectivity index (χ2n) is 5.20. The van der Waals surface area contributed by atoms with Gasteiger partial charge in [-0.2, -0.15) is 0 Å². The maximum absolute atomic E-state index is 12.6. The summed E-state index contributed by atoms with van der Waals surface area (Å²) in [5, 5.41) is 12.3. The third-order valence-electron chi connectivity index (χ3n) is 3.73. The molecule has 5 nitrogen and oxygen atoms in total. The Bertz CT molecular complexity index is 673. The number of hydrogen-bond donors (Lipinski definition) is 0. The standard InChI is InChI=1S/C17H15N2O3/c20-16-15(11-13-7-3-1-4-8-13)17(21)19(22)12-18(16)14-9-5-2-6-10-14/h1-10,15H,11-12H2/q-1. The summed E-state index contributed by atoms with van der Waals surface area (Å²) in [7, 11) is 0. The summed E-state index contributed by atoms with van der Waals surface area (Å²) < 4.78 is 0. The number of carbonyl (C=O) groups is 2. The molecule has 1 unspecified atom stereocenters. The molecule has 2 aromatic carbocycles. The molecule has 0 bridgehead atoms. The highest BCUT2D eigenvalue weighted by Crippen LogP contribution is 2.24. The van der Waals surface area contributed by atoms with Gasteiger partial charge in [0.15, 0.2) is 0 Å². The van der Waals surface area contributed by atoms with Crippen LogP contribution in [0.2, 0.25) is 0 Å². The van der Waals surface area contributed by atoms with Gasteiger partial charge >= 0.3 is 0 Å². The lowest BCUT2D eigenvalue weighted by Gasteiger charge is -2.42. The molecule has 1 saturated heterocycles. The number of hydrogen-bond acceptors (Lipinski definition) is 3. The van der Waals surface area contributed by atoms with Crippen LogP contribution in [0.1, 0.15) is 5.56 Å². The van der Waals surface area contributed by atoms with Crippen LogP contribution in [0.5, 0.6) is 0 Å². The van der Waals surface area contributed by atoms with Crippen LogP contribution >= 0.6 is 0 Å². The summed E-state index contributed by atoms with van der Waals surface area (Å²) in [4.78, 5) is 26.1. The molecule has 2 amide bonds. The monoisotopic (exact) mass is 295 g/mol. The summed E-state index contributed by atoms with van der Waals surface area (Å²) in [6.45, 7) is -0.257. The predicted octanol–water partition coefficient (Wildman–Crippen LogP) is 2.18. The van der Waals surface area contributed by atoms with Crippen LogP contribution in [0, 0.1) is 11.1 Å².